The molecule has 0 bridgehead atoms. The largest absolute Gasteiger partial charge is 0.480 e. The third kappa shape index (κ3) is 4.04. The molecule has 2 aliphatic rings. The topological polar surface area (TPSA) is 67.4 Å². The van der Waals surface area contributed by atoms with E-state index in [2.05, 4.69) is 10.6 Å². The molecule has 1 saturated carbocycles. The van der Waals surface area contributed by atoms with Crippen molar-refractivity contribution in [3.63, 3.8) is 0 Å². The van der Waals surface area contributed by atoms with Crippen molar-refractivity contribution in [2.75, 3.05) is 13.1 Å². The van der Waals surface area contributed by atoms with Crippen LogP contribution < -0.4 is 15.4 Å². The standard InChI is InChI=1S/C18H23FN2O3/c19-14-6-7-15-13(10-14)11-16(24-15)18(23)21-9-8-20-17(22)12-4-2-1-3-5-12/h6-7,10,12,16H,1-5,8-9,11H2,(H,20,22)(H,21,23)/t16-/m1/s1. The quantitative estimate of drug-likeness (QED) is 0.809. The molecule has 1 atom stereocenters. The molecular formula is C18H23FN2O3. The molecule has 0 radical (unpaired) electrons. The Hall–Kier alpha value is -2.11. The Morgan fingerprint density at radius 2 is 1.79 bits per heavy atom. The van der Waals surface area contributed by atoms with Gasteiger partial charge in [0.25, 0.3) is 5.91 Å². The maximum Gasteiger partial charge on any atom is 0.261 e. The molecule has 3 rings (SSSR count). The highest BCUT2D eigenvalue weighted by atomic mass is 19.1. The van der Waals surface area contributed by atoms with Crippen molar-refractivity contribution in [2.24, 2.45) is 5.92 Å². The molecule has 5 nitrogen and oxygen atoms in total. The van der Waals surface area contributed by atoms with Crippen LogP contribution in [0, 0.1) is 11.7 Å². The highest BCUT2D eigenvalue weighted by Crippen LogP contribution is 2.29. The number of carbonyl (C=O) groups is 2. The van der Waals surface area contributed by atoms with Gasteiger partial charge in [-0.25, -0.2) is 4.39 Å². The molecule has 0 saturated heterocycles. The number of amides is 2. The Kier molecular flexibility index (Phi) is 5.33. The lowest BCUT2D eigenvalue weighted by atomic mass is 9.89. The molecule has 1 fully saturated rings. The summed E-state index contributed by atoms with van der Waals surface area (Å²) >= 11 is 0. The van der Waals surface area contributed by atoms with Gasteiger partial charge in [-0.1, -0.05) is 19.3 Å². The van der Waals surface area contributed by atoms with E-state index in [4.69, 9.17) is 4.74 Å². The van der Waals surface area contributed by atoms with Crippen LogP contribution >= 0.6 is 0 Å². The molecule has 1 aliphatic heterocycles. The maximum absolute atomic E-state index is 13.2. The Morgan fingerprint density at radius 1 is 1.08 bits per heavy atom. The van der Waals surface area contributed by atoms with Gasteiger partial charge in [-0.2, -0.15) is 0 Å². The van der Waals surface area contributed by atoms with Gasteiger partial charge < -0.3 is 15.4 Å². The van der Waals surface area contributed by atoms with Gasteiger partial charge in [-0.15, -0.1) is 0 Å². The van der Waals surface area contributed by atoms with Crippen LogP contribution in [0.3, 0.4) is 0 Å². The molecule has 1 aliphatic carbocycles. The molecule has 130 valence electrons. The summed E-state index contributed by atoms with van der Waals surface area (Å²) in [5, 5.41) is 5.64. The smallest absolute Gasteiger partial charge is 0.261 e. The first-order valence-electron chi connectivity index (χ1n) is 8.64. The summed E-state index contributed by atoms with van der Waals surface area (Å²) in [4.78, 5) is 24.1. The summed E-state index contributed by atoms with van der Waals surface area (Å²) in [6.45, 7) is 0.775. The molecule has 2 N–H and O–H groups in total. The van der Waals surface area contributed by atoms with E-state index in [-0.39, 0.29) is 23.5 Å². The molecule has 6 heteroatoms. The molecule has 0 unspecified atom stereocenters. The van der Waals surface area contributed by atoms with E-state index in [0.29, 0.717) is 30.8 Å². The van der Waals surface area contributed by atoms with E-state index in [1.165, 1.54) is 18.6 Å². The number of fused-ring (bicyclic) bond motifs is 1. The lowest BCUT2D eigenvalue weighted by molar-refractivity contribution is -0.128. The van der Waals surface area contributed by atoms with Gasteiger partial charge in [-0.05, 0) is 31.0 Å². The summed E-state index contributed by atoms with van der Waals surface area (Å²) < 4.78 is 18.7. The number of rotatable bonds is 5. The Balaban J connectivity index is 1.37. The minimum absolute atomic E-state index is 0.0870. The summed E-state index contributed by atoms with van der Waals surface area (Å²) in [5.74, 6) is 0.200. The maximum atomic E-state index is 13.2. The summed E-state index contributed by atoms with van der Waals surface area (Å²) in [6, 6.07) is 4.26. The zero-order valence-corrected chi connectivity index (χ0v) is 13.6. The van der Waals surface area contributed by atoms with Crippen molar-refractivity contribution in [3.8, 4) is 5.75 Å². The SMILES string of the molecule is O=C(NCCNC(=O)[C@H]1Cc2cc(F)ccc2O1)C1CCCCC1. The number of hydrogen-bond donors (Lipinski definition) is 2. The zero-order valence-electron chi connectivity index (χ0n) is 13.6. The van der Waals surface area contributed by atoms with Crippen LogP contribution in [0.5, 0.6) is 5.75 Å². The van der Waals surface area contributed by atoms with Gasteiger partial charge in [0, 0.05) is 31.0 Å². The molecule has 1 heterocycles. The van der Waals surface area contributed by atoms with Gasteiger partial charge in [0.05, 0.1) is 0 Å². The minimum atomic E-state index is -0.629. The van der Waals surface area contributed by atoms with Gasteiger partial charge in [0.15, 0.2) is 6.10 Å². The van der Waals surface area contributed by atoms with Crippen molar-refractivity contribution in [3.05, 3.63) is 29.6 Å². The van der Waals surface area contributed by atoms with Gasteiger partial charge >= 0.3 is 0 Å². The van der Waals surface area contributed by atoms with Gasteiger partial charge in [-0.3, -0.25) is 9.59 Å². The van der Waals surface area contributed by atoms with Crippen LogP contribution in [0.4, 0.5) is 4.39 Å². The first-order valence-corrected chi connectivity index (χ1v) is 8.64. The Bertz CT molecular complexity index is 614. The first-order chi connectivity index (χ1) is 11.6. The number of nitrogens with one attached hydrogen (secondary N) is 2. The molecule has 1 aromatic carbocycles. The number of benzene rings is 1. The highest BCUT2D eigenvalue weighted by Gasteiger charge is 2.29. The molecule has 2 amide bonds. The molecule has 0 spiro atoms. The second-order valence-corrected chi connectivity index (χ2v) is 6.48. The highest BCUT2D eigenvalue weighted by molar-refractivity contribution is 5.82. The predicted molar refractivity (Wildman–Crippen MR) is 87.1 cm³/mol. The minimum Gasteiger partial charge on any atom is -0.480 e. The third-order valence-electron chi connectivity index (χ3n) is 4.69. The summed E-state index contributed by atoms with van der Waals surface area (Å²) in [5.41, 5.74) is 0.709. The van der Waals surface area contributed by atoms with Crippen molar-refractivity contribution in [1.29, 1.82) is 0 Å². The Morgan fingerprint density at radius 3 is 2.54 bits per heavy atom. The van der Waals surface area contributed by atoms with Crippen LogP contribution in [0.1, 0.15) is 37.7 Å². The van der Waals surface area contributed by atoms with E-state index in [1.54, 1.807) is 6.07 Å². The Labute approximate surface area is 141 Å². The van der Waals surface area contributed by atoms with Gasteiger partial charge in [0.2, 0.25) is 5.91 Å². The summed E-state index contributed by atoms with van der Waals surface area (Å²) in [7, 11) is 0. The fraction of sp³-hybridized carbons (Fsp3) is 0.556. The third-order valence-corrected chi connectivity index (χ3v) is 4.69. The molecule has 24 heavy (non-hydrogen) atoms. The second-order valence-electron chi connectivity index (χ2n) is 6.48. The van der Waals surface area contributed by atoms with E-state index in [9.17, 15) is 14.0 Å². The number of hydrogen-bond acceptors (Lipinski definition) is 3. The van der Waals surface area contributed by atoms with E-state index < -0.39 is 6.10 Å². The monoisotopic (exact) mass is 334 g/mol. The second kappa shape index (κ2) is 7.64. The van der Waals surface area contributed by atoms with E-state index in [1.807, 2.05) is 0 Å². The number of halogens is 1. The van der Waals surface area contributed by atoms with Crippen LogP contribution in [0.2, 0.25) is 0 Å². The van der Waals surface area contributed by atoms with Crippen LogP contribution in [0.15, 0.2) is 18.2 Å². The van der Waals surface area contributed by atoms with Crippen LogP contribution in [-0.2, 0) is 16.0 Å². The number of carbonyl (C=O) groups excluding carboxylic acids is 2. The molecular weight excluding hydrogens is 311 g/mol. The van der Waals surface area contributed by atoms with Crippen molar-refractivity contribution < 1.29 is 18.7 Å². The van der Waals surface area contributed by atoms with Crippen molar-refractivity contribution in [1.82, 2.24) is 10.6 Å². The number of ether oxygens (including phenoxy) is 1. The zero-order chi connectivity index (χ0) is 16.9. The van der Waals surface area contributed by atoms with Crippen LogP contribution in [-0.4, -0.2) is 31.0 Å². The average Bonchev–Trinajstić information content (AvgIpc) is 3.02. The molecule has 0 aromatic heterocycles. The van der Waals surface area contributed by atoms with Crippen LogP contribution in [0.25, 0.3) is 0 Å². The van der Waals surface area contributed by atoms with Crippen molar-refractivity contribution in [2.45, 2.75) is 44.6 Å². The summed E-state index contributed by atoms with van der Waals surface area (Å²) in [6.07, 6.45) is 5.12. The normalized spacial score (nSPS) is 20.1. The fourth-order valence-electron chi connectivity index (χ4n) is 3.36. The van der Waals surface area contributed by atoms with Gasteiger partial charge in [0.1, 0.15) is 11.6 Å². The molecule has 1 aromatic rings. The van der Waals surface area contributed by atoms with E-state index >= 15 is 0 Å². The van der Waals surface area contributed by atoms with E-state index in [0.717, 1.165) is 25.7 Å². The lowest BCUT2D eigenvalue weighted by Crippen LogP contribution is -2.42. The first kappa shape index (κ1) is 16.7. The van der Waals surface area contributed by atoms with Crippen molar-refractivity contribution >= 4 is 11.8 Å². The predicted octanol–water partition coefficient (Wildman–Crippen LogP) is 1.94. The lowest BCUT2D eigenvalue weighted by Gasteiger charge is -2.20. The fourth-order valence-corrected chi connectivity index (χ4v) is 3.36. The average molecular weight is 334 g/mol.